The normalized spacial score (nSPS) is 13.4. The Morgan fingerprint density at radius 3 is 1.55 bits per heavy atom. The Morgan fingerprint density at radius 2 is 1.09 bits per heavy atom. The van der Waals surface area contributed by atoms with Crippen LogP contribution in [0.4, 0.5) is 0 Å². The minimum atomic E-state index is -0.785. The summed E-state index contributed by atoms with van der Waals surface area (Å²) in [5.74, 6) is -0.992. The molecule has 162 valence electrons. The number of benzene rings is 4. The lowest BCUT2D eigenvalue weighted by Crippen LogP contribution is -2.13. The molecule has 0 aromatic heterocycles. The maximum Gasteiger partial charge on any atom is 0.179 e. The van der Waals surface area contributed by atoms with E-state index in [0.717, 1.165) is 47.1 Å². The minimum Gasteiger partial charge on any atom is -0.293 e. The van der Waals surface area contributed by atoms with Gasteiger partial charge >= 0.3 is 0 Å². The zero-order valence-electron chi connectivity index (χ0n) is 18.8. The lowest BCUT2D eigenvalue weighted by atomic mass is 9.90. The average Bonchev–Trinajstić information content (AvgIpc) is 3.14. The second kappa shape index (κ2) is 8.99. The van der Waals surface area contributed by atoms with Gasteiger partial charge in [-0.25, -0.2) is 0 Å². The highest BCUT2D eigenvalue weighted by Crippen LogP contribution is 2.43. The van der Waals surface area contributed by atoms with Crippen molar-refractivity contribution in [1.82, 2.24) is 0 Å². The van der Waals surface area contributed by atoms with Crippen molar-refractivity contribution in [3.8, 4) is 22.3 Å². The molecule has 0 aliphatic heterocycles. The number of carbonyl (C=O) groups is 2. The van der Waals surface area contributed by atoms with Crippen LogP contribution in [0.25, 0.3) is 22.3 Å². The molecule has 1 aliphatic carbocycles. The number of fused-ring (bicyclic) bond motifs is 1. The molecule has 2 heteroatoms. The number of aryl methyl sites for hydroxylation is 1. The third-order valence-corrected chi connectivity index (χ3v) is 6.52. The Hall–Kier alpha value is -3.78. The van der Waals surface area contributed by atoms with E-state index >= 15 is 0 Å². The van der Waals surface area contributed by atoms with E-state index in [1.807, 2.05) is 84.9 Å². The average molecular weight is 431 g/mol. The zero-order chi connectivity index (χ0) is 22.8. The van der Waals surface area contributed by atoms with Crippen molar-refractivity contribution in [2.24, 2.45) is 0 Å². The molecule has 5 rings (SSSR count). The molecule has 0 saturated heterocycles. The molecule has 0 radical (unpaired) electrons. The summed E-state index contributed by atoms with van der Waals surface area (Å²) in [5, 5.41) is 0. The summed E-state index contributed by atoms with van der Waals surface area (Å²) >= 11 is 0. The molecule has 0 spiro atoms. The molecule has 0 amide bonds. The van der Waals surface area contributed by atoms with Crippen LogP contribution in [-0.2, 0) is 6.42 Å². The van der Waals surface area contributed by atoms with Gasteiger partial charge in [0.25, 0.3) is 0 Å². The number of unbranched alkanes of at least 4 members (excludes halogenated alkanes) is 1. The third kappa shape index (κ3) is 3.82. The van der Waals surface area contributed by atoms with E-state index in [1.165, 1.54) is 5.56 Å². The molecular weight excluding hydrogens is 404 g/mol. The van der Waals surface area contributed by atoms with Crippen LogP contribution in [0.1, 0.15) is 57.5 Å². The van der Waals surface area contributed by atoms with E-state index in [2.05, 4.69) is 19.1 Å². The van der Waals surface area contributed by atoms with Gasteiger partial charge in [-0.15, -0.1) is 0 Å². The van der Waals surface area contributed by atoms with E-state index in [1.54, 1.807) is 0 Å². The summed E-state index contributed by atoms with van der Waals surface area (Å²) in [6.45, 7) is 2.18. The maximum absolute atomic E-state index is 13.8. The first-order valence-corrected chi connectivity index (χ1v) is 11.6. The number of ketones is 2. The first kappa shape index (κ1) is 21.1. The van der Waals surface area contributed by atoms with Gasteiger partial charge in [0.1, 0.15) is 5.92 Å². The second-order valence-electron chi connectivity index (χ2n) is 8.65. The largest absolute Gasteiger partial charge is 0.293 e. The van der Waals surface area contributed by atoms with Gasteiger partial charge in [0.2, 0.25) is 0 Å². The van der Waals surface area contributed by atoms with Gasteiger partial charge in [-0.3, -0.25) is 9.59 Å². The summed E-state index contributed by atoms with van der Waals surface area (Å²) in [6.07, 6.45) is 3.29. The smallest absolute Gasteiger partial charge is 0.179 e. The predicted molar refractivity (Wildman–Crippen MR) is 134 cm³/mol. The SMILES string of the molecule is CCCCc1ccc(C2C(=O)c3c(-c4ccccc4)ccc(-c4ccccc4)c3C2=O)cc1. The van der Waals surface area contributed by atoms with Gasteiger partial charge in [0.15, 0.2) is 11.6 Å². The van der Waals surface area contributed by atoms with Crippen molar-refractivity contribution in [3.05, 3.63) is 119 Å². The molecular formula is C31H26O2. The van der Waals surface area contributed by atoms with E-state index in [-0.39, 0.29) is 11.6 Å². The second-order valence-corrected chi connectivity index (χ2v) is 8.65. The Bertz CT molecular complexity index is 1220. The number of hydrogen-bond acceptors (Lipinski definition) is 2. The van der Waals surface area contributed by atoms with Crippen LogP contribution in [0.15, 0.2) is 97.1 Å². The van der Waals surface area contributed by atoms with Gasteiger partial charge in [-0.05, 0) is 46.2 Å². The molecule has 0 N–H and O–H groups in total. The fourth-order valence-electron chi connectivity index (χ4n) is 4.80. The Balaban J connectivity index is 1.65. The van der Waals surface area contributed by atoms with Crippen molar-refractivity contribution in [2.45, 2.75) is 32.1 Å². The fraction of sp³-hybridized carbons (Fsp3) is 0.161. The van der Waals surface area contributed by atoms with E-state index < -0.39 is 5.92 Å². The molecule has 0 saturated carbocycles. The first-order valence-electron chi connectivity index (χ1n) is 11.6. The fourth-order valence-corrected chi connectivity index (χ4v) is 4.80. The minimum absolute atomic E-state index is 0.104. The first-order chi connectivity index (χ1) is 16.2. The molecule has 4 aromatic carbocycles. The molecule has 0 fully saturated rings. The van der Waals surface area contributed by atoms with Crippen LogP contribution in [0, 0.1) is 0 Å². The summed E-state index contributed by atoms with van der Waals surface area (Å²) in [4.78, 5) is 27.6. The van der Waals surface area contributed by atoms with E-state index in [4.69, 9.17) is 0 Å². The van der Waals surface area contributed by atoms with Gasteiger partial charge in [0, 0.05) is 11.1 Å². The summed E-state index contributed by atoms with van der Waals surface area (Å²) < 4.78 is 0. The standard InChI is InChI=1S/C31H26O2/c1-2-3-10-21-15-17-24(18-16-21)27-30(32)28-25(22-11-6-4-7-12-22)19-20-26(29(28)31(27)33)23-13-8-5-9-14-23/h4-9,11-20,27H,2-3,10H2,1H3. The van der Waals surface area contributed by atoms with Crippen LogP contribution in [0.3, 0.4) is 0 Å². The Kier molecular flexibility index (Phi) is 5.75. The number of Topliss-reactive ketones (excluding diaryl/α,β-unsaturated/α-hetero) is 2. The Morgan fingerprint density at radius 1 is 0.606 bits per heavy atom. The summed E-state index contributed by atoms with van der Waals surface area (Å²) in [5.41, 5.74) is 6.66. The third-order valence-electron chi connectivity index (χ3n) is 6.52. The lowest BCUT2D eigenvalue weighted by molar-refractivity contribution is 0.0890. The quantitative estimate of drug-likeness (QED) is 0.296. The zero-order valence-corrected chi connectivity index (χ0v) is 18.8. The van der Waals surface area contributed by atoms with Gasteiger partial charge < -0.3 is 0 Å². The summed E-state index contributed by atoms with van der Waals surface area (Å²) in [7, 11) is 0. The van der Waals surface area contributed by atoms with Crippen molar-refractivity contribution in [3.63, 3.8) is 0 Å². The topological polar surface area (TPSA) is 34.1 Å². The number of carbonyl (C=O) groups excluding carboxylic acids is 2. The molecule has 0 bridgehead atoms. The van der Waals surface area contributed by atoms with Crippen molar-refractivity contribution >= 4 is 11.6 Å². The molecule has 0 atom stereocenters. The van der Waals surface area contributed by atoms with Crippen molar-refractivity contribution in [2.75, 3.05) is 0 Å². The monoisotopic (exact) mass is 430 g/mol. The van der Waals surface area contributed by atoms with Crippen LogP contribution in [-0.4, -0.2) is 11.6 Å². The van der Waals surface area contributed by atoms with Gasteiger partial charge in [-0.2, -0.15) is 0 Å². The highest BCUT2D eigenvalue weighted by molar-refractivity contribution is 6.33. The molecule has 33 heavy (non-hydrogen) atoms. The maximum atomic E-state index is 13.8. The molecule has 0 heterocycles. The van der Waals surface area contributed by atoms with Crippen LogP contribution in [0.5, 0.6) is 0 Å². The van der Waals surface area contributed by atoms with E-state index in [0.29, 0.717) is 11.1 Å². The molecule has 0 unspecified atom stereocenters. The number of rotatable bonds is 6. The molecule has 2 nitrogen and oxygen atoms in total. The lowest BCUT2D eigenvalue weighted by Gasteiger charge is -2.12. The molecule has 4 aromatic rings. The number of hydrogen-bond donors (Lipinski definition) is 0. The van der Waals surface area contributed by atoms with E-state index in [9.17, 15) is 9.59 Å². The van der Waals surface area contributed by atoms with Crippen molar-refractivity contribution in [1.29, 1.82) is 0 Å². The highest BCUT2D eigenvalue weighted by Gasteiger charge is 2.43. The highest BCUT2D eigenvalue weighted by atomic mass is 16.2. The van der Waals surface area contributed by atoms with Gasteiger partial charge in [-0.1, -0.05) is 110 Å². The summed E-state index contributed by atoms with van der Waals surface area (Å²) in [6, 6.07) is 31.7. The predicted octanol–water partition coefficient (Wildman–Crippen LogP) is 7.53. The Labute approximate surface area is 194 Å². The van der Waals surface area contributed by atoms with Crippen LogP contribution in [0.2, 0.25) is 0 Å². The molecule has 1 aliphatic rings. The van der Waals surface area contributed by atoms with Gasteiger partial charge in [0.05, 0.1) is 0 Å². The van der Waals surface area contributed by atoms with Crippen molar-refractivity contribution < 1.29 is 9.59 Å². The van der Waals surface area contributed by atoms with Crippen LogP contribution < -0.4 is 0 Å². The van der Waals surface area contributed by atoms with Crippen LogP contribution >= 0.6 is 0 Å².